The molecule has 0 bridgehead atoms. The van der Waals surface area contributed by atoms with Gasteiger partial charge in [0.05, 0.1) is 0 Å². The molecule has 5 heteroatoms. The molecule has 2 aliphatic carbocycles. The molecule has 2 saturated carbocycles. The first-order valence-corrected chi connectivity index (χ1v) is 8.22. The zero-order valence-corrected chi connectivity index (χ0v) is 12.5. The van der Waals surface area contributed by atoms with E-state index in [0.717, 1.165) is 24.9 Å². The van der Waals surface area contributed by atoms with Crippen LogP contribution < -0.4 is 11.1 Å². The van der Waals surface area contributed by atoms with Crippen molar-refractivity contribution in [3.05, 3.63) is 5.56 Å². The van der Waals surface area contributed by atoms with Crippen molar-refractivity contribution in [3.8, 4) is 0 Å². The van der Waals surface area contributed by atoms with Crippen molar-refractivity contribution in [2.24, 2.45) is 0 Å². The lowest BCUT2D eigenvalue weighted by Crippen LogP contribution is -2.33. The topological polar surface area (TPSA) is 54.2 Å². The molecule has 0 aliphatic heterocycles. The summed E-state index contributed by atoms with van der Waals surface area (Å²) in [5.41, 5.74) is 7.25. The Bertz CT molecular complexity index is 421. The third kappa shape index (κ3) is 3.03. The van der Waals surface area contributed by atoms with Crippen LogP contribution in [0.15, 0.2) is 0 Å². The second-order valence-electron chi connectivity index (χ2n) is 5.93. The van der Waals surface area contributed by atoms with Gasteiger partial charge in [0.2, 0.25) is 0 Å². The first-order valence-electron chi connectivity index (χ1n) is 7.45. The van der Waals surface area contributed by atoms with Crippen molar-refractivity contribution in [1.29, 1.82) is 0 Å². The van der Waals surface area contributed by atoms with Gasteiger partial charge in [0.25, 0.3) is 0 Å². The van der Waals surface area contributed by atoms with E-state index < -0.39 is 0 Å². The second kappa shape index (κ2) is 5.67. The highest BCUT2D eigenvalue weighted by atomic mass is 32.1. The highest BCUT2D eigenvalue weighted by Gasteiger charge is 2.30. The minimum atomic E-state index is 0.675. The van der Waals surface area contributed by atoms with Crippen LogP contribution in [0.2, 0.25) is 0 Å². The smallest absolute Gasteiger partial charge is 0.142 e. The Hall–Kier alpha value is -0.810. The normalized spacial score (nSPS) is 20.3. The first-order chi connectivity index (χ1) is 9.25. The predicted molar refractivity (Wildman–Crippen MR) is 81.9 cm³/mol. The van der Waals surface area contributed by atoms with Crippen LogP contribution >= 0.6 is 11.5 Å². The van der Waals surface area contributed by atoms with Crippen molar-refractivity contribution < 1.29 is 0 Å². The van der Waals surface area contributed by atoms with Crippen molar-refractivity contribution in [2.45, 2.75) is 50.5 Å². The van der Waals surface area contributed by atoms with E-state index in [-0.39, 0.29) is 0 Å². The summed E-state index contributed by atoms with van der Waals surface area (Å²) in [7, 11) is 2.25. The van der Waals surface area contributed by atoms with Gasteiger partial charge < -0.3 is 16.0 Å². The molecule has 0 spiro atoms. The summed E-state index contributed by atoms with van der Waals surface area (Å²) in [6.45, 7) is 2.10. The van der Waals surface area contributed by atoms with Crippen LogP contribution in [0.5, 0.6) is 0 Å². The lowest BCUT2D eigenvalue weighted by molar-refractivity contribution is 0.255. The lowest BCUT2D eigenvalue weighted by atomic mass is 10.2. The van der Waals surface area contributed by atoms with Crippen molar-refractivity contribution in [1.82, 2.24) is 9.27 Å². The van der Waals surface area contributed by atoms with E-state index >= 15 is 0 Å². The maximum Gasteiger partial charge on any atom is 0.142 e. The SMILES string of the molecule is CN(CCNc1snc(N)c1C1CC1)C1CCCC1. The van der Waals surface area contributed by atoms with Gasteiger partial charge in [-0.25, -0.2) is 0 Å². The maximum absolute atomic E-state index is 5.96. The largest absolute Gasteiger partial charge is 0.383 e. The number of hydrogen-bond donors (Lipinski definition) is 2. The Kier molecular flexibility index (Phi) is 3.93. The monoisotopic (exact) mass is 280 g/mol. The zero-order valence-electron chi connectivity index (χ0n) is 11.7. The molecule has 0 atom stereocenters. The molecule has 3 N–H and O–H groups in total. The van der Waals surface area contributed by atoms with Crippen molar-refractivity contribution in [3.63, 3.8) is 0 Å². The molecule has 0 saturated heterocycles. The van der Waals surface area contributed by atoms with Crippen LogP contribution in [0.1, 0.15) is 50.0 Å². The summed E-state index contributed by atoms with van der Waals surface area (Å²) in [4.78, 5) is 2.50. The zero-order chi connectivity index (χ0) is 13.2. The number of nitrogen functional groups attached to an aromatic ring is 1. The summed E-state index contributed by atoms with van der Waals surface area (Å²) in [5.74, 6) is 1.42. The third-order valence-electron chi connectivity index (χ3n) is 4.44. The van der Waals surface area contributed by atoms with Gasteiger partial charge in [-0.1, -0.05) is 12.8 Å². The molecule has 0 aromatic carbocycles. The fraction of sp³-hybridized carbons (Fsp3) is 0.786. The number of aromatic nitrogens is 1. The summed E-state index contributed by atoms with van der Waals surface area (Å²) >= 11 is 1.52. The Morgan fingerprint density at radius 3 is 2.74 bits per heavy atom. The number of nitrogens with one attached hydrogen (secondary N) is 1. The minimum absolute atomic E-state index is 0.675. The molecule has 1 heterocycles. The van der Waals surface area contributed by atoms with Crippen LogP contribution in [-0.2, 0) is 0 Å². The van der Waals surface area contributed by atoms with E-state index in [0.29, 0.717) is 5.92 Å². The molecule has 106 valence electrons. The number of anilines is 2. The van der Waals surface area contributed by atoms with E-state index in [1.54, 1.807) is 0 Å². The molecule has 0 radical (unpaired) electrons. The highest BCUT2D eigenvalue weighted by molar-refractivity contribution is 7.10. The summed E-state index contributed by atoms with van der Waals surface area (Å²) in [6, 6.07) is 0.802. The van der Waals surface area contributed by atoms with Gasteiger partial charge in [0.1, 0.15) is 10.8 Å². The quantitative estimate of drug-likeness (QED) is 0.841. The van der Waals surface area contributed by atoms with E-state index in [9.17, 15) is 0 Å². The summed E-state index contributed by atoms with van der Waals surface area (Å²) < 4.78 is 4.30. The van der Waals surface area contributed by atoms with Gasteiger partial charge in [-0.05, 0) is 50.2 Å². The number of rotatable bonds is 6. The Morgan fingerprint density at radius 2 is 2.05 bits per heavy atom. The van der Waals surface area contributed by atoms with Crippen molar-refractivity contribution >= 4 is 22.4 Å². The molecule has 1 aromatic rings. The van der Waals surface area contributed by atoms with E-state index in [1.807, 2.05) is 0 Å². The minimum Gasteiger partial charge on any atom is -0.383 e. The standard InChI is InChI=1S/C14H24N4S/c1-18(11-4-2-3-5-11)9-8-16-14-12(10-6-7-10)13(15)17-19-14/h10-11,16H,2-9H2,1H3,(H2,15,17). The number of nitrogens with zero attached hydrogens (tertiary/aromatic N) is 2. The molecule has 3 rings (SSSR count). The number of likely N-dealkylation sites (N-methyl/N-ethyl adjacent to an activating group) is 1. The van der Waals surface area contributed by atoms with Gasteiger partial charge in [-0.15, -0.1) is 0 Å². The average Bonchev–Trinajstić information content (AvgIpc) is 2.95. The molecule has 1 aromatic heterocycles. The van der Waals surface area contributed by atoms with Gasteiger partial charge in [0.15, 0.2) is 0 Å². The molecular formula is C14H24N4S. The third-order valence-corrected chi connectivity index (χ3v) is 5.27. The Balaban J connectivity index is 1.49. The second-order valence-corrected chi connectivity index (χ2v) is 6.70. The van der Waals surface area contributed by atoms with E-state index in [1.165, 1.54) is 60.6 Å². The van der Waals surface area contributed by atoms with Gasteiger partial charge in [0, 0.05) is 24.7 Å². The van der Waals surface area contributed by atoms with Crippen LogP contribution in [0.4, 0.5) is 10.8 Å². The molecule has 2 fully saturated rings. The highest BCUT2D eigenvalue weighted by Crippen LogP contribution is 2.47. The number of nitrogens with two attached hydrogens (primary N) is 1. The Morgan fingerprint density at radius 1 is 1.32 bits per heavy atom. The molecule has 0 unspecified atom stereocenters. The number of hydrogen-bond acceptors (Lipinski definition) is 5. The van der Waals surface area contributed by atoms with Crippen molar-refractivity contribution in [2.75, 3.05) is 31.2 Å². The lowest BCUT2D eigenvalue weighted by Gasteiger charge is -2.24. The maximum atomic E-state index is 5.96. The molecule has 19 heavy (non-hydrogen) atoms. The molecule has 4 nitrogen and oxygen atoms in total. The fourth-order valence-corrected chi connectivity index (χ4v) is 3.90. The van der Waals surface area contributed by atoms with Crippen LogP contribution in [0.25, 0.3) is 0 Å². The van der Waals surface area contributed by atoms with Crippen LogP contribution in [-0.4, -0.2) is 35.5 Å². The molecule has 0 amide bonds. The summed E-state index contributed by atoms with van der Waals surface area (Å²) in [5, 5.41) is 4.75. The predicted octanol–water partition coefficient (Wildman–Crippen LogP) is 2.89. The Labute approximate surface area is 119 Å². The average molecular weight is 280 g/mol. The van der Waals surface area contributed by atoms with Crippen LogP contribution in [0.3, 0.4) is 0 Å². The van der Waals surface area contributed by atoms with Gasteiger partial charge in [-0.3, -0.25) is 0 Å². The van der Waals surface area contributed by atoms with E-state index in [4.69, 9.17) is 5.73 Å². The van der Waals surface area contributed by atoms with E-state index in [2.05, 4.69) is 21.6 Å². The molecule has 2 aliphatic rings. The fourth-order valence-electron chi connectivity index (χ4n) is 3.08. The first kappa shape index (κ1) is 13.2. The van der Waals surface area contributed by atoms with Crippen LogP contribution in [0, 0.1) is 0 Å². The summed E-state index contributed by atoms with van der Waals surface area (Å²) in [6.07, 6.45) is 8.10. The van der Waals surface area contributed by atoms with Gasteiger partial charge in [-0.2, -0.15) is 4.37 Å². The van der Waals surface area contributed by atoms with Gasteiger partial charge >= 0.3 is 0 Å². The molecular weight excluding hydrogens is 256 g/mol.